The van der Waals surface area contributed by atoms with Crippen molar-refractivity contribution in [2.75, 3.05) is 25.1 Å². The Labute approximate surface area is 184 Å². The fraction of sp³-hybridized carbons (Fsp3) is 0.435. The molecule has 0 bridgehead atoms. The molecule has 0 radical (unpaired) electrons. The molecule has 6 nitrogen and oxygen atoms in total. The normalized spacial score (nSPS) is 19.8. The lowest BCUT2D eigenvalue weighted by atomic mass is 10.0. The van der Waals surface area contributed by atoms with Crippen molar-refractivity contribution >= 4 is 11.6 Å². The summed E-state index contributed by atoms with van der Waals surface area (Å²) in [6.45, 7) is 3.84. The highest BCUT2D eigenvalue weighted by Crippen LogP contribution is 2.39. The summed E-state index contributed by atoms with van der Waals surface area (Å²) in [6.07, 6.45) is -2.04. The number of likely N-dealkylation sites (tertiary alicyclic amines) is 1. The molecule has 2 atom stereocenters. The lowest BCUT2D eigenvalue weighted by Crippen LogP contribution is -2.41. The maximum atomic E-state index is 12.9. The highest BCUT2D eigenvalue weighted by atomic mass is 19.4. The van der Waals surface area contributed by atoms with E-state index in [9.17, 15) is 18.0 Å². The number of hydrogen-bond donors (Lipinski definition) is 1. The molecule has 2 aliphatic rings. The summed E-state index contributed by atoms with van der Waals surface area (Å²) in [6, 6.07) is 10.7. The zero-order valence-corrected chi connectivity index (χ0v) is 17.7. The minimum Gasteiger partial charge on any atom is -0.490 e. The van der Waals surface area contributed by atoms with Crippen LogP contribution in [0.2, 0.25) is 0 Å². The van der Waals surface area contributed by atoms with E-state index in [-0.39, 0.29) is 17.7 Å². The largest absolute Gasteiger partial charge is 0.573 e. The topological polar surface area (TPSA) is 60.0 Å². The molecule has 2 aromatic rings. The molecule has 32 heavy (non-hydrogen) atoms. The van der Waals surface area contributed by atoms with Gasteiger partial charge in [0, 0.05) is 18.2 Å². The van der Waals surface area contributed by atoms with Gasteiger partial charge in [0.05, 0.1) is 19.3 Å². The fourth-order valence-corrected chi connectivity index (χ4v) is 4.13. The van der Waals surface area contributed by atoms with Crippen LogP contribution in [-0.4, -0.2) is 43.0 Å². The van der Waals surface area contributed by atoms with Gasteiger partial charge in [-0.05, 0) is 68.3 Å². The molecule has 2 aliphatic heterocycles. The second kappa shape index (κ2) is 9.28. The van der Waals surface area contributed by atoms with Gasteiger partial charge >= 0.3 is 6.36 Å². The molecule has 0 unspecified atom stereocenters. The number of nitrogens with one attached hydrogen (secondary N) is 1. The first-order chi connectivity index (χ1) is 15.3. The molecule has 2 heterocycles. The molecule has 1 saturated heterocycles. The second-order valence-electron chi connectivity index (χ2n) is 7.89. The molecule has 9 heteroatoms. The smallest absolute Gasteiger partial charge is 0.490 e. The second-order valence-corrected chi connectivity index (χ2v) is 7.89. The molecule has 2 aromatic carbocycles. The number of hydrogen-bond acceptors (Lipinski definition) is 5. The quantitative estimate of drug-likeness (QED) is 0.702. The molecular formula is C23H25F3N2O4. The van der Waals surface area contributed by atoms with Gasteiger partial charge in [0.2, 0.25) is 5.91 Å². The van der Waals surface area contributed by atoms with Gasteiger partial charge in [0.25, 0.3) is 0 Å². The van der Waals surface area contributed by atoms with E-state index < -0.39 is 12.4 Å². The van der Waals surface area contributed by atoms with Gasteiger partial charge in [-0.1, -0.05) is 6.07 Å². The van der Waals surface area contributed by atoms with Gasteiger partial charge in [-0.3, -0.25) is 9.69 Å². The summed E-state index contributed by atoms with van der Waals surface area (Å²) in [5, 5.41) is 2.78. The Hall–Kier alpha value is -2.94. The van der Waals surface area contributed by atoms with Crippen LogP contribution in [0.1, 0.15) is 37.8 Å². The third-order valence-electron chi connectivity index (χ3n) is 5.68. The molecule has 1 N–H and O–H groups in total. The first kappa shape index (κ1) is 22.3. The summed E-state index contributed by atoms with van der Waals surface area (Å²) < 4.78 is 52.3. The average molecular weight is 450 g/mol. The van der Waals surface area contributed by atoms with Crippen LogP contribution in [0.15, 0.2) is 42.5 Å². The van der Waals surface area contributed by atoms with E-state index in [1.54, 1.807) is 0 Å². The third kappa shape index (κ3) is 5.27. The number of carbonyl (C=O) groups excluding carboxylic acids is 1. The van der Waals surface area contributed by atoms with Crippen LogP contribution in [0, 0.1) is 0 Å². The maximum absolute atomic E-state index is 12.9. The predicted octanol–water partition coefficient (Wildman–Crippen LogP) is 4.91. The SMILES string of the molecule is C[C@@H](C(=O)Nc1ccc(OC(F)(F)F)cc1)N1CCC[C@H]1c1ccc2c(c1)OCCCO2. The number of nitrogens with zero attached hydrogens (tertiary/aromatic N) is 1. The number of anilines is 1. The molecule has 0 saturated carbocycles. The Morgan fingerprint density at radius 2 is 1.81 bits per heavy atom. The van der Waals surface area contributed by atoms with E-state index >= 15 is 0 Å². The molecule has 0 spiro atoms. The Bertz CT molecular complexity index is 949. The first-order valence-corrected chi connectivity index (χ1v) is 10.6. The lowest BCUT2D eigenvalue weighted by molar-refractivity contribution is -0.274. The number of amides is 1. The fourth-order valence-electron chi connectivity index (χ4n) is 4.13. The minimum absolute atomic E-state index is 0.0652. The molecular weight excluding hydrogens is 425 g/mol. The number of carbonyl (C=O) groups is 1. The predicted molar refractivity (Wildman–Crippen MR) is 112 cm³/mol. The van der Waals surface area contributed by atoms with Crippen molar-refractivity contribution in [2.24, 2.45) is 0 Å². The van der Waals surface area contributed by atoms with Crippen LogP contribution in [-0.2, 0) is 4.79 Å². The van der Waals surface area contributed by atoms with Crippen molar-refractivity contribution in [1.82, 2.24) is 4.90 Å². The number of fused-ring (bicyclic) bond motifs is 1. The Kier molecular flexibility index (Phi) is 6.45. The standard InChI is InChI=1S/C23H25F3N2O4/c1-15(22(29)27-17-6-8-18(9-7-17)32-23(24,25)26)28-11-2-4-19(28)16-5-10-20-21(14-16)31-13-3-12-30-20/h5-10,14-15,19H,2-4,11-13H2,1H3,(H,27,29)/t15-,19-/m0/s1. The van der Waals surface area contributed by atoms with E-state index in [1.807, 2.05) is 25.1 Å². The number of alkyl halides is 3. The van der Waals surface area contributed by atoms with Gasteiger partial charge in [0.1, 0.15) is 5.75 Å². The van der Waals surface area contributed by atoms with Crippen LogP contribution < -0.4 is 19.5 Å². The summed E-state index contributed by atoms with van der Waals surface area (Å²) in [7, 11) is 0. The maximum Gasteiger partial charge on any atom is 0.573 e. The van der Waals surface area contributed by atoms with Crippen molar-refractivity contribution in [3.8, 4) is 17.2 Å². The van der Waals surface area contributed by atoms with Crippen LogP contribution in [0.4, 0.5) is 18.9 Å². The van der Waals surface area contributed by atoms with Crippen LogP contribution >= 0.6 is 0 Å². The van der Waals surface area contributed by atoms with Crippen molar-refractivity contribution in [2.45, 2.75) is 44.6 Å². The summed E-state index contributed by atoms with van der Waals surface area (Å²) in [4.78, 5) is 15.0. The number of ether oxygens (including phenoxy) is 3. The zero-order chi connectivity index (χ0) is 22.7. The lowest BCUT2D eigenvalue weighted by Gasteiger charge is -2.30. The highest BCUT2D eigenvalue weighted by Gasteiger charge is 2.34. The van der Waals surface area contributed by atoms with Crippen molar-refractivity contribution < 1.29 is 32.2 Å². The summed E-state index contributed by atoms with van der Waals surface area (Å²) >= 11 is 0. The van der Waals surface area contributed by atoms with Gasteiger partial charge < -0.3 is 19.5 Å². The molecule has 1 fully saturated rings. The van der Waals surface area contributed by atoms with E-state index in [4.69, 9.17) is 9.47 Å². The number of halogens is 3. The average Bonchev–Trinajstić information content (AvgIpc) is 3.12. The van der Waals surface area contributed by atoms with E-state index in [2.05, 4.69) is 15.0 Å². The van der Waals surface area contributed by atoms with E-state index in [1.165, 1.54) is 24.3 Å². The molecule has 1 amide bonds. The Morgan fingerprint density at radius 1 is 1.09 bits per heavy atom. The minimum atomic E-state index is -4.75. The van der Waals surface area contributed by atoms with Crippen molar-refractivity contribution in [1.29, 1.82) is 0 Å². The van der Waals surface area contributed by atoms with Gasteiger partial charge in [-0.15, -0.1) is 13.2 Å². The summed E-state index contributed by atoms with van der Waals surface area (Å²) in [5.74, 6) is 0.901. The third-order valence-corrected chi connectivity index (χ3v) is 5.68. The number of rotatable bonds is 5. The van der Waals surface area contributed by atoms with Crippen LogP contribution in [0.5, 0.6) is 17.2 Å². The highest BCUT2D eigenvalue weighted by molar-refractivity contribution is 5.94. The van der Waals surface area contributed by atoms with Crippen molar-refractivity contribution in [3.05, 3.63) is 48.0 Å². The van der Waals surface area contributed by atoms with Gasteiger partial charge in [-0.2, -0.15) is 0 Å². The summed E-state index contributed by atoms with van der Waals surface area (Å²) in [5.41, 5.74) is 1.47. The van der Waals surface area contributed by atoms with Crippen LogP contribution in [0.25, 0.3) is 0 Å². The van der Waals surface area contributed by atoms with Gasteiger partial charge in [0.15, 0.2) is 11.5 Å². The first-order valence-electron chi connectivity index (χ1n) is 10.6. The van der Waals surface area contributed by atoms with E-state index in [0.29, 0.717) is 18.9 Å². The van der Waals surface area contributed by atoms with Crippen LogP contribution in [0.3, 0.4) is 0 Å². The molecule has 4 rings (SSSR count). The molecule has 172 valence electrons. The monoisotopic (exact) mass is 450 g/mol. The van der Waals surface area contributed by atoms with Crippen molar-refractivity contribution in [3.63, 3.8) is 0 Å². The zero-order valence-electron chi connectivity index (χ0n) is 17.7. The molecule has 0 aromatic heterocycles. The van der Waals surface area contributed by atoms with E-state index in [0.717, 1.165) is 42.9 Å². The number of benzene rings is 2. The molecule has 0 aliphatic carbocycles. The van der Waals surface area contributed by atoms with Gasteiger partial charge in [-0.25, -0.2) is 0 Å². The Balaban J connectivity index is 1.42. The Morgan fingerprint density at radius 3 is 2.53 bits per heavy atom.